The summed E-state index contributed by atoms with van der Waals surface area (Å²) < 4.78 is 11.2. The number of morpholine rings is 1. The number of benzene rings is 1. The van der Waals surface area contributed by atoms with Crippen molar-refractivity contribution < 1.29 is 9.47 Å². The van der Waals surface area contributed by atoms with Crippen molar-refractivity contribution >= 4 is 5.69 Å². The Morgan fingerprint density at radius 3 is 2.47 bits per heavy atom. The van der Waals surface area contributed by atoms with Crippen LogP contribution in [0.4, 0.5) is 5.69 Å². The molecular formula is C15H24N2O2. The van der Waals surface area contributed by atoms with E-state index >= 15 is 0 Å². The van der Waals surface area contributed by atoms with E-state index in [0.717, 1.165) is 30.1 Å². The van der Waals surface area contributed by atoms with Crippen LogP contribution in [0.3, 0.4) is 0 Å². The van der Waals surface area contributed by atoms with Crippen molar-refractivity contribution in [1.82, 2.24) is 0 Å². The number of hydrogen-bond donors (Lipinski definition) is 1. The predicted molar refractivity (Wildman–Crippen MR) is 77.8 cm³/mol. The fraction of sp³-hybridized carbons (Fsp3) is 0.600. The van der Waals surface area contributed by atoms with Crippen molar-refractivity contribution in [2.24, 2.45) is 5.73 Å². The van der Waals surface area contributed by atoms with E-state index < -0.39 is 0 Å². The zero-order chi connectivity index (χ0) is 14.0. The molecule has 4 nitrogen and oxygen atoms in total. The molecule has 19 heavy (non-hydrogen) atoms. The molecular weight excluding hydrogens is 240 g/mol. The summed E-state index contributed by atoms with van der Waals surface area (Å²) in [7, 11) is 1.69. The minimum Gasteiger partial charge on any atom is -0.496 e. The van der Waals surface area contributed by atoms with Crippen LogP contribution in [-0.2, 0) is 4.74 Å². The first kappa shape index (κ1) is 14.2. The van der Waals surface area contributed by atoms with Crippen LogP contribution in [0.15, 0.2) is 18.2 Å². The molecule has 1 aromatic carbocycles. The van der Waals surface area contributed by atoms with E-state index in [1.54, 1.807) is 7.11 Å². The second-order valence-corrected chi connectivity index (χ2v) is 5.34. The van der Waals surface area contributed by atoms with Crippen molar-refractivity contribution in [2.75, 3.05) is 25.1 Å². The average molecular weight is 264 g/mol. The maximum Gasteiger partial charge on any atom is 0.125 e. The Hall–Kier alpha value is -1.26. The van der Waals surface area contributed by atoms with Gasteiger partial charge in [-0.25, -0.2) is 0 Å². The predicted octanol–water partition coefficient (Wildman–Crippen LogP) is 2.33. The van der Waals surface area contributed by atoms with Gasteiger partial charge < -0.3 is 20.1 Å². The normalized spacial score (nSPS) is 25.2. The van der Waals surface area contributed by atoms with Crippen molar-refractivity contribution in [3.63, 3.8) is 0 Å². The number of ether oxygens (including phenoxy) is 2. The largest absolute Gasteiger partial charge is 0.496 e. The number of nitrogens with zero attached hydrogens (tertiary/aromatic N) is 1. The topological polar surface area (TPSA) is 47.7 Å². The van der Waals surface area contributed by atoms with E-state index in [1.807, 2.05) is 19.1 Å². The number of rotatable bonds is 3. The standard InChI is InChI=1S/C15H24N2O2/c1-10-8-17(9-11(2)19-10)13-6-5-7-14(18-4)15(13)12(3)16/h5-7,10-12H,8-9,16H2,1-4H3. The van der Waals surface area contributed by atoms with Crippen LogP contribution in [0, 0.1) is 0 Å². The first-order valence-electron chi connectivity index (χ1n) is 6.85. The molecule has 0 radical (unpaired) electrons. The summed E-state index contributed by atoms with van der Waals surface area (Å²) in [5.41, 5.74) is 8.37. The van der Waals surface area contributed by atoms with Gasteiger partial charge in [0.25, 0.3) is 0 Å². The van der Waals surface area contributed by atoms with Crippen LogP contribution in [0.5, 0.6) is 5.75 Å². The summed E-state index contributed by atoms with van der Waals surface area (Å²) in [4.78, 5) is 2.35. The number of anilines is 1. The molecule has 0 aliphatic carbocycles. The molecule has 2 N–H and O–H groups in total. The molecule has 4 heteroatoms. The van der Waals surface area contributed by atoms with Crippen molar-refractivity contribution in [3.8, 4) is 5.75 Å². The molecule has 1 saturated heterocycles. The van der Waals surface area contributed by atoms with E-state index in [0.29, 0.717) is 0 Å². The minimum atomic E-state index is -0.0559. The van der Waals surface area contributed by atoms with Gasteiger partial charge >= 0.3 is 0 Å². The van der Waals surface area contributed by atoms with Gasteiger partial charge in [0.1, 0.15) is 5.75 Å². The molecule has 1 aromatic rings. The third kappa shape index (κ3) is 3.01. The Balaban J connectivity index is 2.38. The Morgan fingerprint density at radius 2 is 1.95 bits per heavy atom. The quantitative estimate of drug-likeness (QED) is 0.910. The third-order valence-corrected chi connectivity index (χ3v) is 3.48. The summed E-state index contributed by atoms with van der Waals surface area (Å²) in [5, 5.41) is 0. The van der Waals surface area contributed by atoms with Gasteiger partial charge in [-0.1, -0.05) is 6.07 Å². The first-order valence-corrected chi connectivity index (χ1v) is 6.85. The van der Waals surface area contributed by atoms with Gasteiger partial charge in [-0.05, 0) is 32.9 Å². The Bertz CT molecular complexity index is 424. The number of methoxy groups -OCH3 is 1. The highest BCUT2D eigenvalue weighted by Crippen LogP contribution is 2.34. The molecule has 0 aromatic heterocycles. The van der Waals surface area contributed by atoms with E-state index in [1.165, 1.54) is 0 Å². The monoisotopic (exact) mass is 264 g/mol. The zero-order valence-electron chi connectivity index (χ0n) is 12.2. The Morgan fingerprint density at radius 1 is 1.32 bits per heavy atom. The SMILES string of the molecule is COc1cccc(N2CC(C)OC(C)C2)c1C(C)N. The van der Waals surface area contributed by atoms with E-state index in [-0.39, 0.29) is 18.2 Å². The lowest BCUT2D eigenvalue weighted by Gasteiger charge is -2.38. The molecule has 1 fully saturated rings. The molecule has 0 amide bonds. The van der Waals surface area contributed by atoms with Crippen LogP contribution in [0.2, 0.25) is 0 Å². The molecule has 0 spiro atoms. The highest BCUT2D eigenvalue weighted by Gasteiger charge is 2.25. The Kier molecular flexibility index (Phi) is 4.32. The minimum absolute atomic E-state index is 0.0559. The number of nitrogens with two attached hydrogens (primary N) is 1. The van der Waals surface area contributed by atoms with Crippen LogP contribution in [0.25, 0.3) is 0 Å². The second kappa shape index (κ2) is 5.80. The van der Waals surface area contributed by atoms with Gasteiger partial charge in [-0.3, -0.25) is 0 Å². The molecule has 0 saturated carbocycles. The molecule has 1 aliphatic heterocycles. The smallest absolute Gasteiger partial charge is 0.125 e. The van der Waals surface area contributed by atoms with Crippen molar-refractivity contribution in [3.05, 3.63) is 23.8 Å². The first-order chi connectivity index (χ1) is 9.02. The Labute approximate surface area is 115 Å². The van der Waals surface area contributed by atoms with Gasteiger partial charge in [0.2, 0.25) is 0 Å². The lowest BCUT2D eigenvalue weighted by atomic mass is 10.0. The fourth-order valence-corrected chi connectivity index (χ4v) is 2.82. The van der Waals surface area contributed by atoms with Crippen molar-refractivity contribution in [2.45, 2.75) is 39.0 Å². The van der Waals surface area contributed by atoms with Gasteiger partial charge in [-0.2, -0.15) is 0 Å². The molecule has 3 unspecified atom stereocenters. The number of hydrogen-bond acceptors (Lipinski definition) is 4. The molecule has 1 aliphatic rings. The van der Waals surface area contributed by atoms with Crippen LogP contribution in [0.1, 0.15) is 32.4 Å². The lowest BCUT2D eigenvalue weighted by molar-refractivity contribution is -0.00529. The van der Waals surface area contributed by atoms with Gasteiger partial charge in [0.05, 0.1) is 19.3 Å². The summed E-state index contributed by atoms with van der Waals surface area (Å²) in [6, 6.07) is 6.05. The van der Waals surface area contributed by atoms with E-state index in [9.17, 15) is 0 Å². The molecule has 0 bridgehead atoms. The lowest BCUT2D eigenvalue weighted by Crippen LogP contribution is -2.46. The van der Waals surface area contributed by atoms with Crippen LogP contribution >= 0.6 is 0 Å². The summed E-state index contributed by atoms with van der Waals surface area (Å²) >= 11 is 0. The highest BCUT2D eigenvalue weighted by molar-refractivity contribution is 5.61. The van der Waals surface area contributed by atoms with E-state index in [2.05, 4.69) is 24.8 Å². The average Bonchev–Trinajstić information content (AvgIpc) is 2.36. The molecule has 2 rings (SSSR count). The zero-order valence-corrected chi connectivity index (χ0v) is 12.2. The molecule has 106 valence electrons. The summed E-state index contributed by atoms with van der Waals surface area (Å²) in [6.45, 7) is 7.98. The van der Waals surface area contributed by atoms with Crippen LogP contribution in [-0.4, -0.2) is 32.4 Å². The van der Waals surface area contributed by atoms with Gasteiger partial charge in [0.15, 0.2) is 0 Å². The maximum absolute atomic E-state index is 6.13. The third-order valence-electron chi connectivity index (χ3n) is 3.48. The maximum atomic E-state index is 6.13. The highest BCUT2D eigenvalue weighted by atomic mass is 16.5. The second-order valence-electron chi connectivity index (χ2n) is 5.34. The van der Waals surface area contributed by atoms with Gasteiger partial charge in [0, 0.05) is 30.4 Å². The molecule has 3 atom stereocenters. The van der Waals surface area contributed by atoms with Crippen LogP contribution < -0.4 is 15.4 Å². The summed E-state index contributed by atoms with van der Waals surface area (Å²) in [5.74, 6) is 0.860. The fourth-order valence-electron chi connectivity index (χ4n) is 2.82. The van der Waals surface area contributed by atoms with E-state index in [4.69, 9.17) is 15.2 Å². The van der Waals surface area contributed by atoms with Crippen molar-refractivity contribution in [1.29, 1.82) is 0 Å². The van der Waals surface area contributed by atoms with Gasteiger partial charge in [-0.15, -0.1) is 0 Å². The summed E-state index contributed by atoms with van der Waals surface area (Å²) in [6.07, 6.45) is 0.465. The molecule has 1 heterocycles.